The predicted molar refractivity (Wildman–Crippen MR) is 107 cm³/mol. The summed E-state index contributed by atoms with van der Waals surface area (Å²) >= 11 is 0. The summed E-state index contributed by atoms with van der Waals surface area (Å²) in [5.41, 5.74) is 2.53. The third-order valence-electron chi connectivity index (χ3n) is 5.42. The van der Waals surface area contributed by atoms with E-state index in [2.05, 4.69) is 16.7 Å². The Morgan fingerprint density at radius 3 is 2.50 bits per heavy atom. The second-order valence-electron chi connectivity index (χ2n) is 7.58. The molecule has 0 saturated heterocycles. The minimum atomic E-state index is -0.363. The van der Waals surface area contributed by atoms with E-state index in [1.165, 1.54) is 13.1 Å². The molecule has 6 heteroatoms. The van der Waals surface area contributed by atoms with Crippen molar-refractivity contribution in [3.8, 4) is 0 Å². The fraction of sp³-hybridized carbons (Fsp3) is 0.455. The summed E-state index contributed by atoms with van der Waals surface area (Å²) < 4.78 is 5.84. The molecule has 6 nitrogen and oxygen atoms in total. The normalized spacial score (nSPS) is 20.4. The number of rotatable bonds is 5. The Morgan fingerprint density at radius 1 is 1.14 bits per heavy atom. The summed E-state index contributed by atoms with van der Waals surface area (Å²) in [6, 6.07) is 9.57. The van der Waals surface area contributed by atoms with E-state index in [1.54, 1.807) is 0 Å². The minimum absolute atomic E-state index is 0.0244. The van der Waals surface area contributed by atoms with Crippen LogP contribution in [0.2, 0.25) is 0 Å². The summed E-state index contributed by atoms with van der Waals surface area (Å²) in [7, 11) is 1.53. The first-order valence-corrected chi connectivity index (χ1v) is 9.80. The van der Waals surface area contributed by atoms with Crippen LogP contribution >= 0.6 is 0 Å². The highest BCUT2D eigenvalue weighted by Gasteiger charge is 2.28. The third kappa shape index (κ3) is 4.44. The summed E-state index contributed by atoms with van der Waals surface area (Å²) in [5.74, 6) is -0.168. The number of carbonyl (C=O) groups excluding carboxylic acids is 2. The van der Waals surface area contributed by atoms with E-state index in [4.69, 9.17) is 4.42 Å². The maximum absolute atomic E-state index is 13.0. The number of amides is 2. The van der Waals surface area contributed by atoms with Crippen molar-refractivity contribution >= 4 is 11.8 Å². The van der Waals surface area contributed by atoms with Gasteiger partial charge in [0.2, 0.25) is 0 Å². The number of aliphatic hydroxyl groups excluding tert-OH is 1. The van der Waals surface area contributed by atoms with Crippen molar-refractivity contribution in [2.75, 3.05) is 7.05 Å². The van der Waals surface area contributed by atoms with Crippen LogP contribution in [0.25, 0.3) is 0 Å². The smallest absolute Gasteiger partial charge is 0.286 e. The standard InChI is InChI=1S/C22H28N2O4/c1-13-5-4-6-15(11-13)14(2)20-18(12-19(28-20)22(27)23-3)21(26)24-16-7-9-17(25)10-8-16/h4-6,11-12,14,16-17,25H,7-10H2,1-3H3,(H,23,27)(H,24,26)/t14-,16-,17-/m0/s1. The number of hydrogen-bond acceptors (Lipinski definition) is 4. The van der Waals surface area contributed by atoms with Gasteiger partial charge in [0.1, 0.15) is 5.76 Å². The van der Waals surface area contributed by atoms with Crippen LogP contribution in [0.15, 0.2) is 34.7 Å². The lowest BCUT2D eigenvalue weighted by atomic mass is 9.92. The molecule has 0 aliphatic heterocycles. The van der Waals surface area contributed by atoms with E-state index in [1.807, 2.05) is 32.0 Å². The number of aliphatic hydroxyl groups is 1. The van der Waals surface area contributed by atoms with Crippen molar-refractivity contribution in [1.82, 2.24) is 10.6 Å². The molecule has 0 spiro atoms. The lowest BCUT2D eigenvalue weighted by molar-refractivity contribution is 0.0864. The Morgan fingerprint density at radius 2 is 1.86 bits per heavy atom. The number of hydrogen-bond donors (Lipinski definition) is 3. The van der Waals surface area contributed by atoms with Crippen LogP contribution in [0.3, 0.4) is 0 Å². The van der Waals surface area contributed by atoms with Gasteiger partial charge in [0.05, 0.1) is 11.7 Å². The average Bonchev–Trinajstić information content (AvgIpc) is 3.14. The first-order valence-electron chi connectivity index (χ1n) is 9.80. The van der Waals surface area contributed by atoms with Crippen LogP contribution in [-0.4, -0.2) is 36.1 Å². The molecule has 1 saturated carbocycles. The quantitative estimate of drug-likeness (QED) is 0.739. The molecule has 0 bridgehead atoms. The average molecular weight is 384 g/mol. The molecule has 150 valence electrons. The van der Waals surface area contributed by atoms with Crippen molar-refractivity contribution in [3.63, 3.8) is 0 Å². The summed E-state index contributed by atoms with van der Waals surface area (Å²) in [6.07, 6.45) is 2.59. The Bertz CT molecular complexity index is 850. The highest BCUT2D eigenvalue weighted by atomic mass is 16.4. The molecule has 1 atom stereocenters. The summed E-state index contributed by atoms with van der Waals surface area (Å²) in [6.45, 7) is 3.98. The highest BCUT2D eigenvalue weighted by Crippen LogP contribution is 2.30. The topological polar surface area (TPSA) is 91.6 Å². The van der Waals surface area contributed by atoms with E-state index in [-0.39, 0.29) is 35.6 Å². The van der Waals surface area contributed by atoms with E-state index in [0.717, 1.165) is 24.0 Å². The maximum atomic E-state index is 13.0. The van der Waals surface area contributed by atoms with Crippen LogP contribution in [-0.2, 0) is 0 Å². The van der Waals surface area contributed by atoms with Crippen molar-refractivity contribution in [1.29, 1.82) is 0 Å². The van der Waals surface area contributed by atoms with Crippen molar-refractivity contribution in [2.24, 2.45) is 0 Å². The number of furan rings is 1. The van der Waals surface area contributed by atoms with Crippen LogP contribution in [0, 0.1) is 6.92 Å². The van der Waals surface area contributed by atoms with Gasteiger partial charge in [-0.25, -0.2) is 0 Å². The molecule has 1 aromatic carbocycles. The fourth-order valence-corrected chi connectivity index (χ4v) is 3.71. The molecule has 3 N–H and O–H groups in total. The molecule has 1 aliphatic rings. The molecule has 0 unspecified atom stereocenters. The van der Waals surface area contributed by atoms with Crippen LogP contribution in [0.4, 0.5) is 0 Å². The Kier molecular flexibility index (Phi) is 6.19. The summed E-state index contributed by atoms with van der Waals surface area (Å²) in [4.78, 5) is 25.1. The van der Waals surface area contributed by atoms with Gasteiger partial charge < -0.3 is 20.2 Å². The van der Waals surface area contributed by atoms with E-state index < -0.39 is 0 Å². The largest absolute Gasteiger partial charge is 0.454 e. The lowest BCUT2D eigenvalue weighted by Gasteiger charge is -2.26. The van der Waals surface area contributed by atoms with Gasteiger partial charge in [-0.05, 0) is 38.2 Å². The molecule has 1 fully saturated rings. The first-order chi connectivity index (χ1) is 13.4. The molecule has 28 heavy (non-hydrogen) atoms. The molecule has 1 aliphatic carbocycles. The van der Waals surface area contributed by atoms with Crippen LogP contribution in [0.5, 0.6) is 0 Å². The Hall–Kier alpha value is -2.60. The number of carbonyl (C=O) groups is 2. The number of nitrogens with one attached hydrogen (secondary N) is 2. The fourth-order valence-electron chi connectivity index (χ4n) is 3.71. The van der Waals surface area contributed by atoms with Gasteiger partial charge in [-0.1, -0.05) is 36.8 Å². The minimum Gasteiger partial charge on any atom is -0.454 e. The van der Waals surface area contributed by atoms with Crippen molar-refractivity contribution in [3.05, 3.63) is 58.5 Å². The SMILES string of the molecule is CNC(=O)c1cc(C(=O)N[C@H]2CC[C@H](O)CC2)c([C@@H](C)c2cccc(C)c2)o1. The zero-order chi connectivity index (χ0) is 20.3. The van der Waals surface area contributed by atoms with Gasteiger partial charge in [-0.2, -0.15) is 0 Å². The number of benzene rings is 1. The van der Waals surface area contributed by atoms with Gasteiger partial charge in [0.15, 0.2) is 5.76 Å². The van der Waals surface area contributed by atoms with Gasteiger partial charge in [0, 0.05) is 25.1 Å². The summed E-state index contributed by atoms with van der Waals surface area (Å²) in [5, 5.41) is 15.2. The zero-order valence-electron chi connectivity index (χ0n) is 16.6. The van der Waals surface area contributed by atoms with E-state index >= 15 is 0 Å². The van der Waals surface area contributed by atoms with Gasteiger partial charge >= 0.3 is 0 Å². The van der Waals surface area contributed by atoms with Crippen molar-refractivity contribution < 1.29 is 19.1 Å². The molecule has 0 radical (unpaired) electrons. The third-order valence-corrected chi connectivity index (χ3v) is 5.42. The Balaban J connectivity index is 1.89. The second kappa shape index (κ2) is 8.61. The molecule has 3 rings (SSSR count). The Labute approximate surface area is 165 Å². The first kappa shape index (κ1) is 20.1. The van der Waals surface area contributed by atoms with Crippen molar-refractivity contribution in [2.45, 2.75) is 57.6 Å². The lowest BCUT2D eigenvalue weighted by Crippen LogP contribution is -2.38. The predicted octanol–water partition coefficient (Wildman–Crippen LogP) is 3.13. The van der Waals surface area contributed by atoms with Gasteiger partial charge in [0.25, 0.3) is 11.8 Å². The van der Waals surface area contributed by atoms with Gasteiger partial charge in [-0.3, -0.25) is 9.59 Å². The van der Waals surface area contributed by atoms with Gasteiger partial charge in [-0.15, -0.1) is 0 Å². The molecular formula is C22H28N2O4. The molecule has 1 heterocycles. The molecule has 2 amide bonds. The monoisotopic (exact) mass is 384 g/mol. The zero-order valence-corrected chi connectivity index (χ0v) is 16.6. The van der Waals surface area contributed by atoms with Crippen LogP contribution < -0.4 is 10.6 Å². The highest BCUT2D eigenvalue weighted by molar-refractivity contribution is 5.99. The maximum Gasteiger partial charge on any atom is 0.286 e. The van der Waals surface area contributed by atoms with E-state index in [9.17, 15) is 14.7 Å². The van der Waals surface area contributed by atoms with E-state index in [0.29, 0.717) is 24.2 Å². The molecule has 2 aromatic rings. The number of aryl methyl sites for hydroxylation is 1. The second-order valence-corrected chi connectivity index (χ2v) is 7.58. The molecule has 1 aromatic heterocycles. The van der Waals surface area contributed by atoms with Crippen LogP contribution in [0.1, 0.15) is 76.3 Å². The molecular weight excluding hydrogens is 356 g/mol.